The van der Waals surface area contributed by atoms with Crippen LogP contribution < -0.4 is 10.6 Å². The van der Waals surface area contributed by atoms with Gasteiger partial charge in [-0.05, 0) is 92.5 Å². The minimum absolute atomic E-state index is 0.115. The van der Waals surface area contributed by atoms with Crippen LogP contribution in [0.3, 0.4) is 0 Å². The Labute approximate surface area is 264 Å². The van der Waals surface area contributed by atoms with Gasteiger partial charge in [0.15, 0.2) is 0 Å². The molecule has 2 aromatic heterocycles. The first-order chi connectivity index (χ1) is 20.9. The van der Waals surface area contributed by atoms with E-state index in [1.165, 1.54) is 6.20 Å². The Kier molecular flexibility index (Phi) is 17.5. The largest absolute Gasteiger partial charge is 0.460 e. The number of amides is 2. The van der Waals surface area contributed by atoms with Gasteiger partial charge in [0, 0.05) is 29.9 Å². The topological polar surface area (TPSA) is 180 Å². The van der Waals surface area contributed by atoms with Crippen LogP contribution in [0, 0.1) is 6.92 Å². The molecule has 0 aliphatic carbocycles. The number of Topliss-reactive ketones (excluding diaryl/α,β-unsaturated/α-hetero) is 1. The van der Waals surface area contributed by atoms with E-state index in [4.69, 9.17) is 0 Å². The third kappa shape index (κ3) is 17.3. The fourth-order valence-corrected chi connectivity index (χ4v) is 3.15. The summed E-state index contributed by atoms with van der Waals surface area (Å²) in [6.07, 6.45) is 2.89. The molecular weight excluding hydrogens is 584 g/mol. The number of ketones is 1. The predicted molar refractivity (Wildman–Crippen MR) is 166 cm³/mol. The molecule has 0 atom stereocenters. The van der Waals surface area contributed by atoms with Crippen molar-refractivity contribution in [2.75, 3.05) is 19.8 Å². The monoisotopic (exact) mass is 630 g/mol. The number of aromatic nitrogens is 2. The summed E-state index contributed by atoms with van der Waals surface area (Å²) in [5, 5.41) is 5.65. The fraction of sp³-hybridized carbons (Fsp3) is 0.500. The van der Waals surface area contributed by atoms with E-state index in [-0.39, 0.29) is 49.3 Å². The van der Waals surface area contributed by atoms with Crippen LogP contribution in [-0.2, 0) is 39.8 Å². The van der Waals surface area contributed by atoms with Crippen molar-refractivity contribution in [3.05, 3.63) is 59.2 Å². The Balaban J connectivity index is 0.000000697. The van der Waals surface area contributed by atoms with E-state index in [9.17, 15) is 28.8 Å². The van der Waals surface area contributed by atoms with Crippen molar-refractivity contribution in [3.8, 4) is 0 Å². The molecule has 13 heteroatoms. The number of nitrogens with one attached hydrogen (secondary N) is 2. The summed E-state index contributed by atoms with van der Waals surface area (Å²) in [4.78, 5) is 75.9. The summed E-state index contributed by atoms with van der Waals surface area (Å²) in [5.41, 5.74) is 1.30. The third-order valence-electron chi connectivity index (χ3n) is 4.88. The van der Waals surface area contributed by atoms with Gasteiger partial charge in [0.05, 0.1) is 19.8 Å². The van der Waals surface area contributed by atoms with Gasteiger partial charge >= 0.3 is 17.9 Å². The summed E-state index contributed by atoms with van der Waals surface area (Å²) < 4.78 is 13.3. The smallest absolute Gasteiger partial charge is 0.417 e. The van der Waals surface area contributed by atoms with Crippen LogP contribution in [0.5, 0.6) is 0 Å². The van der Waals surface area contributed by atoms with Crippen molar-refractivity contribution in [1.82, 2.24) is 20.6 Å². The van der Waals surface area contributed by atoms with Crippen molar-refractivity contribution in [2.24, 2.45) is 0 Å². The van der Waals surface area contributed by atoms with Crippen LogP contribution in [0.1, 0.15) is 94.4 Å². The molecule has 0 saturated carbocycles. The van der Waals surface area contributed by atoms with Gasteiger partial charge in [0.1, 0.15) is 11.4 Å². The lowest BCUT2D eigenvalue weighted by molar-refractivity contribution is -0.167. The first-order valence-corrected chi connectivity index (χ1v) is 14.4. The van der Waals surface area contributed by atoms with Crippen molar-refractivity contribution in [1.29, 1.82) is 0 Å². The Morgan fingerprint density at radius 2 is 1.04 bits per heavy atom. The summed E-state index contributed by atoms with van der Waals surface area (Å²) >= 11 is 0. The molecule has 0 spiro atoms. The molecule has 2 aromatic rings. The summed E-state index contributed by atoms with van der Waals surface area (Å²) in [5.74, 6) is -3.95. The lowest BCUT2D eigenvalue weighted by Crippen LogP contribution is -2.41. The number of ether oxygens (including phenoxy) is 3. The first kappa shape index (κ1) is 40.3. The van der Waals surface area contributed by atoms with E-state index in [2.05, 4.69) is 34.8 Å². The fourth-order valence-electron chi connectivity index (χ4n) is 3.15. The first-order valence-electron chi connectivity index (χ1n) is 14.4. The van der Waals surface area contributed by atoms with Crippen molar-refractivity contribution in [3.63, 3.8) is 0 Å². The number of esters is 3. The van der Waals surface area contributed by atoms with Gasteiger partial charge in [-0.3, -0.25) is 24.4 Å². The van der Waals surface area contributed by atoms with Gasteiger partial charge in [0.2, 0.25) is 5.78 Å². The summed E-state index contributed by atoms with van der Waals surface area (Å²) in [7, 11) is 0. The second-order valence-electron chi connectivity index (χ2n) is 11.3. The van der Waals surface area contributed by atoms with Crippen molar-refractivity contribution < 1.29 is 43.0 Å². The number of hydrogen-bond donors (Lipinski definition) is 2. The summed E-state index contributed by atoms with van der Waals surface area (Å²) in [6, 6.07) is 6.91. The molecule has 0 radical (unpaired) electrons. The molecule has 45 heavy (non-hydrogen) atoms. The highest BCUT2D eigenvalue weighted by Gasteiger charge is 2.23. The van der Waals surface area contributed by atoms with Crippen LogP contribution in [0.25, 0.3) is 0 Å². The molecule has 0 saturated heterocycles. The maximum Gasteiger partial charge on any atom is 0.417 e. The van der Waals surface area contributed by atoms with Crippen LogP contribution in [0.2, 0.25) is 0 Å². The second-order valence-corrected chi connectivity index (χ2v) is 11.3. The lowest BCUT2D eigenvalue weighted by atomic mass is 10.0. The molecule has 0 fully saturated rings. The average Bonchev–Trinajstić information content (AvgIpc) is 2.93. The van der Waals surface area contributed by atoms with Crippen LogP contribution >= 0.6 is 0 Å². The maximum absolute atomic E-state index is 12.2. The minimum Gasteiger partial charge on any atom is -0.460 e. The number of carbonyl (C=O) groups is 6. The number of nitrogens with zero attached hydrogens (tertiary/aromatic N) is 2. The highest BCUT2D eigenvalue weighted by molar-refractivity contribution is 6.34. The van der Waals surface area contributed by atoms with E-state index in [0.29, 0.717) is 11.3 Å². The Bertz CT molecular complexity index is 1300. The van der Waals surface area contributed by atoms with Crippen molar-refractivity contribution in [2.45, 2.75) is 86.7 Å². The van der Waals surface area contributed by atoms with E-state index in [1.807, 2.05) is 60.6 Å². The zero-order valence-electron chi connectivity index (χ0n) is 27.9. The predicted octanol–water partition coefficient (Wildman–Crippen LogP) is 3.32. The van der Waals surface area contributed by atoms with Gasteiger partial charge in [-0.25, -0.2) is 14.4 Å². The lowest BCUT2D eigenvalue weighted by Gasteiger charge is -2.20. The quantitative estimate of drug-likeness (QED) is 0.248. The molecule has 0 aromatic carbocycles. The Hall–Kier alpha value is -4.68. The second kappa shape index (κ2) is 19.6. The van der Waals surface area contributed by atoms with Gasteiger partial charge in [0.25, 0.3) is 11.8 Å². The third-order valence-corrected chi connectivity index (χ3v) is 4.88. The number of carbonyl (C=O) groups excluding carboxylic acids is 6. The molecule has 2 rings (SSSR count). The van der Waals surface area contributed by atoms with E-state index < -0.39 is 29.2 Å². The molecule has 0 aliphatic rings. The molecule has 13 nitrogen and oxygen atoms in total. The van der Waals surface area contributed by atoms with E-state index >= 15 is 0 Å². The number of aryl methyl sites for hydroxylation is 1. The van der Waals surface area contributed by atoms with Gasteiger partial charge in [-0.2, -0.15) is 0 Å². The molecule has 0 bridgehead atoms. The maximum atomic E-state index is 12.2. The zero-order valence-corrected chi connectivity index (χ0v) is 27.9. The zero-order chi connectivity index (χ0) is 34.8. The molecule has 2 heterocycles. The molecule has 248 valence electrons. The molecule has 0 aliphatic heterocycles. The molecule has 0 unspecified atom stereocenters. The Morgan fingerprint density at radius 3 is 1.47 bits per heavy atom. The van der Waals surface area contributed by atoms with E-state index in [0.717, 1.165) is 5.56 Å². The average molecular weight is 631 g/mol. The van der Waals surface area contributed by atoms with E-state index in [1.54, 1.807) is 39.1 Å². The normalized spacial score (nSPS) is 10.4. The van der Waals surface area contributed by atoms with Crippen LogP contribution in [0.15, 0.2) is 36.7 Å². The standard InChI is InChI=1S/C15H20N2O4.C11H16N2O.C6H10O4/c1-5-21-14(20)11(18)9-10-7-6-8-16-12(10)13(19)17-15(2,3)4;1-8-6-5-7-12-9(8)10(14)13-11(2,3)4;1-3-9-5(7)6(8)10-4-2/h6-8H,5,9H2,1-4H3,(H,17,19);5-7H,1-4H3,(H,13,14);3-4H2,1-2H3. The number of hydrogen-bond acceptors (Lipinski definition) is 11. The van der Waals surface area contributed by atoms with Gasteiger partial charge in [-0.1, -0.05) is 12.1 Å². The van der Waals surface area contributed by atoms with Crippen molar-refractivity contribution >= 4 is 35.5 Å². The summed E-state index contributed by atoms with van der Waals surface area (Å²) in [6.45, 7) is 18.6. The van der Waals surface area contributed by atoms with Gasteiger partial charge in [-0.15, -0.1) is 0 Å². The molecule has 2 amide bonds. The highest BCUT2D eigenvalue weighted by atomic mass is 16.6. The van der Waals surface area contributed by atoms with Crippen LogP contribution in [0.4, 0.5) is 0 Å². The SMILES string of the molecule is CCOC(=O)C(=O)Cc1cccnc1C(=O)NC(C)(C)C.CCOC(=O)C(=O)OCC.Cc1cccnc1C(=O)NC(C)(C)C. The van der Waals surface area contributed by atoms with Gasteiger partial charge < -0.3 is 24.8 Å². The minimum atomic E-state index is -0.927. The number of rotatable bonds is 8. The highest BCUT2D eigenvalue weighted by Crippen LogP contribution is 2.10. The number of pyridine rings is 2. The molecule has 2 N–H and O–H groups in total. The molecular formula is C32H46N4O9. The van der Waals surface area contributed by atoms with Crippen LogP contribution in [-0.4, -0.2) is 76.4 Å². The Morgan fingerprint density at radius 1 is 0.644 bits per heavy atom.